The fraction of sp³-hybridized carbons (Fsp3) is 0.250. The maximum atomic E-state index is 5.89. The van der Waals surface area contributed by atoms with E-state index in [-0.39, 0.29) is 0 Å². The third-order valence-electron chi connectivity index (χ3n) is 2.22. The lowest BCUT2D eigenvalue weighted by molar-refractivity contribution is 0.391. The van der Waals surface area contributed by atoms with Crippen LogP contribution in [0.4, 0.5) is 5.69 Å². The molecule has 3 nitrogen and oxygen atoms in total. The SMILES string of the molecule is Cc1ccc(N)c(SCc2cc(C)no2)c1. The van der Waals surface area contributed by atoms with E-state index >= 15 is 0 Å². The third-order valence-corrected chi connectivity index (χ3v) is 3.31. The van der Waals surface area contributed by atoms with Gasteiger partial charge in [0.2, 0.25) is 0 Å². The summed E-state index contributed by atoms with van der Waals surface area (Å²) in [5.41, 5.74) is 8.83. The van der Waals surface area contributed by atoms with Crippen molar-refractivity contribution < 1.29 is 4.52 Å². The third kappa shape index (κ3) is 2.58. The van der Waals surface area contributed by atoms with E-state index in [2.05, 4.69) is 18.1 Å². The monoisotopic (exact) mass is 234 g/mol. The molecule has 0 fully saturated rings. The van der Waals surface area contributed by atoms with Crippen molar-refractivity contribution in [3.63, 3.8) is 0 Å². The molecule has 0 bridgehead atoms. The average Bonchev–Trinajstić information content (AvgIpc) is 2.66. The van der Waals surface area contributed by atoms with E-state index in [1.54, 1.807) is 11.8 Å². The van der Waals surface area contributed by atoms with Crippen molar-refractivity contribution in [3.8, 4) is 0 Å². The molecule has 0 saturated carbocycles. The molecule has 0 amide bonds. The fourth-order valence-electron chi connectivity index (χ4n) is 1.40. The molecule has 0 spiro atoms. The smallest absolute Gasteiger partial charge is 0.147 e. The normalized spacial score (nSPS) is 10.6. The Morgan fingerprint density at radius 2 is 2.12 bits per heavy atom. The minimum Gasteiger partial charge on any atom is -0.398 e. The van der Waals surface area contributed by atoms with Crippen LogP contribution in [0, 0.1) is 13.8 Å². The van der Waals surface area contributed by atoms with Gasteiger partial charge in [-0.1, -0.05) is 11.2 Å². The molecule has 0 radical (unpaired) electrons. The highest BCUT2D eigenvalue weighted by molar-refractivity contribution is 7.98. The van der Waals surface area contributed by atoms with Crippen molar-refractivity contribution >= 4 is 17.4 Å². The molecule has 0 aliphatic heterocycles. The van der Waals surface area contributed by atoms with Crippen LogP contribution in [0.5, 0.6) is 0 Å². The first-order valence-corrected chi connectivity index (χ1v) is 6.05. The summed E-state index contributed by atoms with van der Waals surface area (Å²) in [6, 6.07) is 7.98. The molecule has 0 unspecified atom stereocenters. The van der Waals surface area contributed by atoms with Gasteiger partial charge in [-0.25, -0.2) is 0 Å². The number of aromatic nitrogens is 1. The van der Waals surface area contributed by atoms with Gasteiger partial charge < -0.3 is 10.3 Å². The van der Waals surface area contributed by atoms with Crippen molar-refractivity contribution in [2.24, 2.45) is 0 Å². The minimum atomic E-state index is 0.758. The molecule has 0 saturated heterocycles. The summed E-state index contributed by atoms with van der Waals surface area (Å²) in [5, 5.41) is 3.85. The Morgan fingerprint density at radius 3 is 2.81 bits per heavy atom. The topological polar surface area (TPSA) is 52.0 Å². The number of thioether (sulfide) groups is 1. The lowest BCUT2D eigenvalue weighted by Crippen LogP contribution is -1.89. The van der Waals surface area contributed by atoms with Gasteiger partial charge in [-0.15, -0.1) is 11.8 Å². The second-order valence-electron chi connectivity index (χ2n) is 3.76. The van der Waals surface area contributed by atoms with Gasteiger partial charge in [0.15, 0.2) is 0 Å². The number of hydrogen-bond donors (Lipinski definition) is 1. The Morgan fingerprint density at radius 1 is 1.31 bits per heavy atom. The first-order chi connectivity index (χ1) is 7.65. The molecule has 84 valence electrons. The summed E-state index contributed by atoms with van der Waals surface area (Å²) in [6.07, 6.45) is 0. The van der Waals surface area contributed by atoms with Gasteiger partial charge in [-0.2, -0.15) is 0 Å². The van der Waals surface area contributed by atoms with E-state index in [0.29, 0.717) is 0 Å². The molecule has 0 aliphatic rings. The van der Waals surface area contributed by atoms with Gasteiger partial charge in [-0.05, 0) is 31.5 Å². The molecule has 2 aromatic rings. The molecule has 0 atom stereocenters. The van der Waals surface area contributed by atoms with Crippen molar-refractivity contribution in [1.82, 2.24) is 5.16 Å². The maximum absolute atomic E-state index is 5.89. The Balaban J connectivity index is 2.07. The highest BCUT2D eigenvalue weighted by atomic mass is 32.2. The molecule has 4 heteroatoms. The summed E-state index contributed by atoms with van der Waals surface area (Å²) >= 11 is 1.67. The van der Waals surface area contributed by atoms with Crippen LogP contribution >= 0.6 is 11.8 Å². The van der Waals surface area contributed by atoms with Crippen LogP contribution in [0.25, 0.3) is 0 Å². The molecule has 16 heavy (non-hydrogen) atoms. The zero-order valence-electron chi connectivity index (χ0n) is 9.36. The van der Waals surface area contributed by atoms with Crippen LogP contribution in [-0.2, 0) is 5.75 Å². The lowest BCUT2D eigenvalue weighted by atomic mass is 10.2. The summed E-state index contributed by atoms with van der Waals surface area (Å²) < 4.78 is 5.14. The van der Waals surface area contributed by atoms with E-state index in [1.807, 2.05) is 25.1 Å². The van der Waals surface area contributed by atoms with Crippen molar-refractivity contribution in [2.75, 3.05) is 5.73 Å². The molecular formula is C12H14N2OS. The summed E-state index contributed by atoms with van der Waals surface area (Å²) in [4.78, 5) is 1.09. The van der Waals surface area contributed by atoms with Gasteiger partial charge in [0.05, 0.1) is 11.4 Å². The summed E-state index contributed by atoms with van der Waals surface area (Å²) in [7, 11) is 0. The number of nitrogens with two attached hydrogens (primary N) is 1. The van der Waals surface area contributed by atoms with E-state index in [4.69, 9.17) is 10.3 Å². The largest absolute Gasteiger partial charge is 0.398 e. The van der Waals surface area contributed by atoms with Crippen molar-refractivity contribution in [2.45, 2.75) is 24.5 Å². The Labute approximate surface area is 99.0 Å². The molecule has 1 heterocycles. The molecule has 1 aromatic heterocycles. The highest BCUT2D eigenvalue weighted by Crippen LogP contribution is 2.29. The Kier molecular flexibility index (Phi) is 3.19. The van der Waals surface area contributed by atoms with Crippen LogP contribution < -0.4 is 5.73 Å². The van der Waals surface area contributed by atoms with Crippen LogP contribution in [0.15, 0.2) is 33.7 Å². The van der Waals surface area contributed by atoms with E-state index in [9.17, 15) is 0 Å². The molecule has 0 aliphatic carbocycles. The highest BCUT2D eigenvalue weighted by Gasteiger charge is 2.04. The van der Waals surface area contributed by atoms with E-state index in [1.165, 1.54) is 5.56 Å². The number of anilines is 1. The zero-order chi connectivity index (χ0) is 11.5. The predicted molar refractivity (Wildman–Crippen MR) is 66.4 cm³/mol. The fourth-order valence-corrected chi connectivity index (χ4v) is 2.34. The Bertz CT molecular complexity index is 494. The second kappa shape index (κ2) is 4.61. The quantitative estimate of drug-likeness (QED) is 0.654. The van der Waals surface area contributed by atoms with E-state index < -0.39 is 0 Å². The standard InChI is InChI=1S/C12H14N2OS/c1-8-3-4-11(13)12(5-8)16-7-10-6-9(2)14-15-10/h3-6H,7,13H2,1-2H3. The number of benzene rings is 1. The van der Waals surface area contributed by atoms with Gasteiger partial charge >= 0.3 is 0 Å². The number of nitrogens with zero attached hydrogens (tertiary/aromatic N) is 1. The summed E-state index contributed by atoms with van der Waals surface area (Å²) in [5.74, 6) is 1.64. The van der Waals surface area contributed by atoms with Gasteiger partial charge in [0.1, 0.15) is 5.76 Å². The van der Waals surface area contributed by atoms with Gasteiger partial charge in [0.25, 0.3) is 0 Å². The van der Waals surface area contributed by atoms with Crippen LogP contribution in [0.2, 0.25) is 0 Å². The molecular weight excluding hydrogens is 220 g/mol. The first kappa shape index (κ1) is 11.1. The molecule has 2 rings (SSSR count). The van der Waals surface area contributed by atoms with Gasteiger partial charge in [0, 0.05) is 16.6 Å². The predicted octanol–water partition coefficient (Wildman–Crippen LogP) is 3.17. The number of hydrogen-bond acceptors (Lipinski definition) is 4. The maximum Gasteiger partial charge on any atom is 0.147 e. The van der Waals surface area contributed by atoms with Crippen molar-refractivity contribution in [1.29, 1.82) is 0 Å². The lowest BCUT2D eigenvalue weighted by Gasteiger charge is -2.04. The molecule has 1 aromatic carbocycles. The van der Waals surface area contributed by atoms with E-state index in [0.717, 1.165) is 27.8 Å². The van der Waals surface area contributed by atoms with Crippen LogP contribution in [-0.4, -0.2) is 5.16 Å². The Hall–Kier alpha value is -1.42. The van der Waals surface area contributed by atoms with Crippen LogP contribution in [0.1, 0.15) is 17.0 Å². The average molecular weight is 234 g/mol. The van der Waals surface area contributed by atoms with Crippen molar-refractivity contribution in [3.05, 3.63) is 41.3 Å². The number of aryl methyl sites for hydroxylation is 2. The van der Waals surface area contributed by atoms with Crippen LogP contribution in [0.3, 0.4) is 0 Å². The minimum absolute atomic E-state index is 0.758. The zero-order valence-corrected chi connectivity index (χ0v) is 10.2. The number of rotatable bonds is 3. The second-order valence-corrected chi connectivity index (χ2v) is 4.78. The number of nitrogen functional groups attached to an aromatic ring is 1. The summed E-state index contributed by atoms with van der Waals surface area (Å²) in [6.45, 7) is 3.97. The van der Waals surface area contributed by atoms with Gasteiger partial charge in [-0.3, -0.25) is 0 Å². The molecule has 2 N–H and O–H groups in total. The first-order valence-electron chi connectivity index (χ1n) is 5.06.